The fourth-order valence-electron chi connectivity index (χ4n) is 2.84. The Hall–Kier alpha value is -2.40. The SMILES string of the molecule is Cc1ncn2cc(C(C)C)nc2c1-c1cc(Cl)c2[nH]ncc2c1. The molecule has 1 aromatic carbocycles. The van der Waals surface area contributed by atoms with Gasteiger partial charge >= 0.3 is 0 Å². The average molecular weight is 326 g/mol. The summed E-state index contributed by atoms with van der Waals surface area (Å²) in [5, 5.41) is 8.60. The molecule has 0 aliphatic rings. The quantitative estimate of drug-likeness (QED) is 0.595. The fraction of sp³-hybridized carbons (Fsp3) is 0.235. The molecule has 3 aromatic heterocycles. The second kappa shape index (κ2) is 5.06. The summed E-state index contributed by atoms with van der Waals surface area (Å²) < 4.78 is 1.98. The summed E-state index contributed by atoms with van der Waals surface area (Å²) in [6, 6.07) is 4.01. The predicted molar refractivity (Wildman–Crippen MR) is 91.9 cm³/mol. The average Bonchev–Trinajstić information content (AvgIpc) is 3.13. The lowest BCUT2D eigenvalue weighted by molar-refractivity contribution is 0.834. The second-order valence-electron chi connectivity index (χ2n) is 6.05. The largest absolute Gasteiger partial charge is 0.290 e. The first-order chi connectivity index (χ1) is 11.0. The summed E-state index contributed by atoms with van der Waals surface area (Å²) in [6.45, 7) is 6.26. The molecule has 0 unspecified atom stereocenters. The Balaban J connectivity index is 2.04. The van der Waals surface area contributed by atoms with Crippen LogP contribution in [0.5, 0.6) is 0 Å². The highest BCUT2D eigenvalue weighted by molar-refractivity contribution is 6.35. The van der Waals surface area contributed by atoms with Crippen LogP contribution in [0.2, 0.25) is 5.02 Å². The number of rotatable bonds is 2. The van der Waals surface area contributed by atoms with E-state index in [1.54, 1.807) is 6.20 Å². The molecule has 0 fully saturated rings. The highest BCUT2D eigenvalue weighted by Gasteiger charge is 2.15. The smallest absolute Gasteiger partial charge is 0.147 e. The molecule has 116 valence electrons. The van der Waals surface area contributed by atoms with E-state index < -0.39 is 0 Å². The number of aromatic amines is 1. The molecule has 4 rings (SSSR count). The van der Waals surface area contributed by atoms with Crippen LogP contribution >= 0.6 is 11.6 Å². The van der Waals surface area contributed by atoms with Crippen LogP contribution in [-0.4, -0.2) is 24.6 Å². The number of aryl methyl sites for hydroxylation is 1. The number of hydrogen-bond acceptors (Lipinski definition) is 3. The van der Waals surface area contributed by atoms with E-state index in [1.807, 2.05) is 29.9 Å². The van der Waals surface area contributed by atoms with Gasteiger partial charge in [-0.2, -0.15) is 5.10 Å². The number of nitrogens with one attached hydrogen (secondary N) is 1. The molecule has 6 heteroatoms. The van der Waals surface area contributed by atoms with Crippen molar-refractivity contribution in [2.45, 2.75) is 26.7 Å². The van der Waals surface area contributed by atoms with Crippen molar-refractivity contribution in [2.24, 2.45) is 0 Å². The third kappa shape index (κ3) is 2.19. The van der Waals surface area contributed by atoms with Crippen LogP contribution in [0.15, 0.2) is 30.9 Å². The molecule has 0 atom stereocenters. The third-order valence-corrected chi connectivity index (χ3v) is 4.39. The molecule has 0 spiro atoms. The minimum Gasteiger partial charge on any atom is -0.290 e. The number of fused-ring (bicyclic) bond motifs is 2. The van der Waals surface area contributed by atoms with Crippen molar-refractivity contribution < 1.29 is 0 Å². The van der Waals surface area contributed by atoms with E-state index in [1.165, 1.54) is 0 Å². The van der Waals surface area contributed by atoms with Crippen LogP contribution < -0.4 is 0 Å². The van der Waals surface area contributed by atoms with Crippen molar-refractivity contribution in [2.75, 3.05) is 0 Å². The van der Waals surface area contributed by atoms with E-state index in [9.17, 15) is 0 Å². The molecule has 0 saturated heterocycles. The summed E-state index contributed by atoms with van der Waals surface area (Å²) in [5.74, 6) is 0.364. The number of imidazole rings is 1. The number of hydrogen-bond donors (Lipinski definition) is 1. The standard InChI is InChI=1S/C17H16ClN5/c1-9(2)14-7-23-8-19-10(3)15(17(23)21-14)11-4-12-6-20-22-16(12)13(18)5-11/h4-9H,1-3H3,(H,20,22). The van der Waals surface area contributed by atoms with Crippen LogP contribution in [0, 0.1) is 6.92 Å². The summed E-state index contributed by atoms with van der Waals surface area (Å²) in [5.41, 5.74) is 5.73. The third-order valence-electron chi connectivity index (χ3n) is 4.09. The van der Waals surface area contributed by atoms with Gasteiger partial charge in [0.1, 0.15) is 12.0 Å². The first-order valence-electron chi connectivity index (χ1n) is 7.52. The van der Waals surface area contributed by atoms with Gasteiger partial charge in [-0.15, -0.1) is 0 Å². The fourth-order valence-corrected chi connectivity index (χ4v) is 3.10. The molecule has 0 aliphatic heterocycles. The molecule has 0 amide bonds. The Morgan fingerprint density at radius 2 is 2.09 bits per heavy atom. The molecule has 0 aliphatic carbocycles. The number of halogens is 1. The number of aromatic nitrogens is 5. The lowest BCUT2D eigenvalue weighted by Gasteiger charge is -2.08. The van der Waals surface area contributed by atoms with Gasteiger partial charge in [-0.25, -0.2) is 9.97 Å². The van der Waals surface area contributed by atoms with Crippen molar-refractivity contribution >= 4 is 28.2 Å². The molecule has 4 aromatic rings. The van der Waals surface area contributed by atoms with Gasteiger partial charge in [0.25, 0.3) is 0 Å². The summed E-state index contributed by atoms with van der Waals surface area (Å²) >= 11 is 6.39. The summed E-state index contributed by atoms with van der Waals surface area (Å²) in [4.78, 5) is 9.31. The van der Waals surface area contributed by atoms with Gasteiger partial charge in [-0.3, -0.25) is 9.50 Å². The van der Waals surface area contributed by atoms with Crippen molar-refractivity contribution in [3.8, 4) is 11.1 Å². The van der Waals surface area contributed by atoms with Crippen LogP contribution in [0.25, 0.3) is 27.7 Å². The zero-order valence-corrected chi connectivity index (χ0v) is 13.9. The molecule has 0 bridgehead atoms. The van der Waals surface area contributed by atoms with E-state index in [0.29, 0.717) is 10.9 Å². The van der Waals surface area contributed by atoms with Crippen LogP contribution in [0.1, 0.15) is 31.2 Å². The van der Waals surface area contributed by atoms with E-state index in [4.69, 9.17) is 16.6 Å². The zero-order valence-electron chi connectivity index (χ0n) is 13.1. The first kappa shape index (κ1) is 14.2. The Bertz CT molecular complexity index is 1030. The Morgan fingerprint density at radius 3 is 2.87 bits per heavy atom. The van der Waals surface area contributed by atoms with Gasteiger partial charge in [-0.1, -0.05) is 25.4 Å². The molecule has 3 heterocycles. The predicted octanol–water partition coefficient (Wildman–Crippen LogP) is 4.36. The Kier molecular flexibility index (Phi) is 3.13. The number of nitrogens with zero attached hydrogens (tertiary/aromatic N) is 4. The summed E-state index contributed by atoms with van der Waals surface area (Å²) in [6.07, 6.45) is 5.62. The van der Waals surface area contributed by atoms with Crippen LogP contribution in [-0.2, 0) is 0 Å². The highest BCUT2D eigenvalue weighted by atomic mass is 35.5. The second-order valence-corrected chi connectivity index (χ2v) is 6.46. The molecule has 1 N–H and O–H groups in total. The maximum absolute atomic E-state index is 6.39. The Morgan fingerprint density at radius 1 is 1.26 bits per heavy atom. The molecule has 0 saturated carbocycles. The van der Waals surface area contributed by atoms with Crippen molar-refractivity contribution in [1.29, 1.82) is 0 Å². The van der Waals surface area contributed by atoms with E-state index >= 15 is 0 Å². The zero-order chi connectivity index (χ0) is 16.1. The van der Waals surface area contributed by atoms with Crippen molar-refractivity contribution in [1.82, 2.24) is 24.6 Å². The van der Waals surface area contributed by atoms with Gasteiger partial charge in [0.05, 0.1) is 28.1 Å². The molecule has 5 nitrogen and oxygen atoms in total. The van der Waals surface area contributed by atoms with Crippen LogP contribution in [0.3, 0.4) is 0 Å². The monoisotopic (exact) mass is 325 g/mol. The van der Waals surface area contributed by atoms with Gasteiger partial charge in [0.2, 0.25) is 0 Å². The maximum Gasteiger partial charge on any atom is 0.147 e. The van der Waals surface area contributed by atoms with Crippen LogP contribution in [0.4, 0.5) is 0 Å². The maximum atomic E-state index is 6.39. The summed E-state index contributed by atoms with van der Waals surface area (Å²) in [7, 11) is 0. The molecule has 23 heavy (non-hydrogen) atoms. The number of H-pyrrole nitrogens is 1. The van der Waals surface area contributed by atoms with Crippen molar-refractivity contribution in [3.05, 3.63) is 47.3 Å². The number of benzene rings is 1. The van der Waals surface area contributed by atoms with E-state index in [0.717, 1.165) is 39.1 Å². The topological polar surface area (TPSA) is 58.9 Å². The van der Waals surface area contributed by atoms with E-state index in [-0.39, 0.29) is 0 Å². The van der Waals surface area contributed by atoms with Gasteiger partial charge < -0.3 is 0 Å². The highest BCUT2D eigenvalue weighted by Crippen LogP contribution is 2.33. The molecular weight excluding hydrogens is 310 g/mol. The minimum absolute atomic E-state index is 0.364. The molecular formula is C17H16ClN5. The lowest BCUT2D eigenvalue weighted by atomic mass is 10.0. The Labute approximate surface area is 138 Å². The van der Waals surface area contributed by atoms with Crippen molar-refractivity contribution in [3.63, 3.8) is 0 Å². The minimum atomic E-state index is 0.364. The molecule has 0 radical (unpaired) electrons. The van der Waals surface area contributed by atoms with Gasteiger partial charge in [0, 0.05) is 17.1 Å². The van der Waals surface area contributed by atoms with Gasteiger partial charge in [-0.05, 0) is 30.5 Å². The van der Waals surface area contributed by atoms with Gasteiger partial charge in [0.15, 0.2) is 0 Å². The first-order valence-corrected chi connectivity index (χ1v) is 7.89. The normalized spacial score (nSPS) is 11.9. The lowest BCUT2D eigenvalue weighted by Crippen LogP contribution is -1.95. The van der Waals surface area contributed by atoms with E-state index in [2.05, 4.69) is 35.1 Å².